The van der Waals surface area contributed by atoms with Gasteiger partial charge >= 0.3 is 0 Å². The summed E-state index contributed by atoms with van der Waals surface area (Å²) in [5.74, 6) is 0. The maximum absolute atomic E-state index is 11.1. The average molecular weight is 314 g/mol. The van der Waals surface area contributed by atoms with Gasteiger partial charge in [0.05, 0.1) is 23.1 Å². The predicted octanol–water partition coefficient (Wildman–Crippen LogP) is 3.81. The Morgan fingerprint density at radius 2 is 2.00 bits per heavy atom. The van der Waals surface area contributed by atoms with Crippen LogP contribution in [0.5, 0.6) is 0 Å². The third-order valence-corrected chi connectivity index (χ3v) is 3.98. The van der Waals surface area contributed by atoms with Crippen LogP contribution in [0.25, 0.3) is 33.4 Å². The number of carbonyl (C=O) groups excluding carboxylic acids is 1. The molecule has 5 nitrogen and oxygen atoms in total. The highest BCUT2D eigenvalue weighted by molar-refractivity contribution is 5.99. The van der Waals surface area contributed by atoms with Crippen molar-refractivity contribution in [2.75, 3.05) is 0 Å². The zero-order chi connectivity index (χ0) is 16.5. The van der Waals surface area contributed by atoms with Crippen LogP contribution in [-0.4, -0.2) is 26.5 Å². The third-order valence-electron chi connectivity index (χ3n) is 3.98. The molecule has 4 rings (SSSR count). The smallest absolute Gasteiger partial charge is 0.150 e. The van der Waals surface area contributed by atoms with E-state index in [-0.39, 0.29) is 0 Å². The van der Waals surface area contributed by atoms with E-state index in [4.69, 9.17) is 0 Å². The van der Waals surface area contributed by atoms with Gasteiger partial charge in [-0.25, -0.2) is 0 Å². The van der Waals surface area contributed by atoms with Gasteiger partial charge in [-0.1, -0.05) is 6.07 Å². The second-order valence-corrected chi connectivity index (χ2v) is 5.58. The van der Waals surface area contributed by atoms with Gasteiger partial charge in [0.25, 0.3) is 0 Å². The number of aldehydes is 1. The van der Waals surface area contributed by atoms with Gasteiger partial charge in [-0.2, -0.15) is 5.10 Å². The quantitative estimate of drug-likeness (QED) is 0.584. The second kappa shape index (κ2) is 5.70. The molecule has 4 aromatic rings. The Morgan fingerprint density at radius 3 is 2.83 bits per heavy atom. The minimum atomic E-state index is 0.621. The van der Waals surface area contributed by atoms with Gasteiger partial charge in [-0.15, -0.1) is 0 Å². The standard InChI is InChI=1S/C19H14N4O/c1-12-3-2-4-18(22-12)19-16(10-21-23-19)14-7-8-20-17-6-5-13(11-24)9-15(14)17/h2-11H,1H3,(H,21,23). The zero-order valence-electron chi connectivity index (χ0n) is 13.0. The Kier molecular flexibility index (Phi) is 3.39. The molecule has 1 N–H and O–H groups in total. The molecule has 0 spiro atoms. The summed E-state index contributed by atoms with van der Waals surface area (Å²) < 4.78 is 0. The van der Waals surface area contributed by atoms with Crippen LogP contribution in [0.4, 0.5) is 0 Å². The Hall–Kier alpha value is -3.34. The largest absolute Gasteiger partial charge is 0.298 e. The molecule has 0 bridgehead atoms. The average Bonchev–Trinajstić information content (AvgIpc) is 3.10. The molecule has 0 saturated carbocycles. The molecule has 24 heavy (non-hydrogen) atoms. The number of hydrogen-bond acceptors (Lipinski definition) is 4. The number of nitrogens with one attached hydrogen (secondary N) is 1. The first kappa shape index (κ1) is 14.3. The summed E-state index contributed by atoms with van der Waals surface area (Å²) in [5, 5.41) is 8.15. The molecule has 3 aromatic heterocycles. The molecule has 5 heteroatoms. The van der Waals surface area contributed by atoms with E-state index in [1.807, 2.05) is 43.3 Å². The molecule has 0 fully saturated rings. The maximum atomic E-state index is 11.1. The van der Waals surface area contributed by atoms with Crippen LogP contribution in [0.2, 0.25) is 0 Å². The van der Waals surface area contributed by atoms with Crippen molar-refractivity contribution in [2.24, 2.45) is 0 Å². The number of carbonyl (C=O) groups is 1. The topological polar surface area (TPSA) is 71.5 Å². The SMILES string of the molecule is Cc1cccc(-c2[nH]ncc2-c2ccnc3ccc(C=O)cc23)n1. The molecule has 0 atom stereocenters. The van der Waals surface area contributed by atoms with E-state index in [1.54, 1.807) is 18.5 Å². The molecule has 0 saturated heterocycles. The number of benzene rings is 1. The van der Waals surface area contributed by atoms with Gasteiger partial charge in [-0.3, -0.25) is 19.9 Å². The van der Waals surface area contributed by atoms with Crippen molar-refractivity contribution >= 4 is 17.2 Å². The molecule has 0 aliphatic rings. The summed E-state index contributed by atoms with van der Waals surface area (Å²) in [5.41, 5.74) is 5.98. The summed E-state index contributed by atoms with van der Waals surface area (Å²) in [6, 6.07) is 13.3. The van der Waals surface area contributed by atoms with Crippen LogP contribution < -0.4 is 0 Å². The van der Waals surface area contributed by atoms with Crippen LogP contribution in [-0.2, 0) is 0 Å². The maximum Gasteiger partial charge on any atom is 0.150 e. The van der Waals surface area contributed by atoms with Crippen molar-refractivity contribution in [1.82, 2.24) is 20.2 Å². The summed E-state index contributed by atoms with van der Waals surface area (Å²) in [7, 11) is 0. The fourth-order valence-electron chi connectivity index (χ4n) is 2.84. The third kappa shape index (κ3) is 2.36. The summed E-state index contributed by atoms with van der Waals surface area (Å²) >= 11 is 0. The van der Waals surface area contributed by atoms with Crippen molar-refractivity contribution in [1.29, 1.82) is 0 Å². The number of pyridine rings is 2. The van der Waals surface area contributed by atoms with Gasteiger partial charge in [0.15, 0.2) is 0 Å². The van der Waals surface area contributed by atoms with Crippen molar-refractivity contribution < 1.29 is 4.79 Å². The first-order chi connectivity index (χ1) is 11.8. The van der Waals surface area contributed by atoms with E-state index >= 15 is 0 Å². The molecule has 116 valence electrons. The van der Waals surface area contributed by atoms with Gasteiger partial charge in [0.1, 0.15) is 6.29 Å². The van der Waals surface area contributed by atoms with Crippen LogP contribution >= 0.6 is 0 Å². The lowest BCUT2D eigenvalue weighted by atomic mass is 9.99. The number of rotatable bonds is 3. The predicted molar refractivity (Wildman–Crippen MR) is 92.7 cm³/mol. The highest BCUT2D eigenvalue weighted by atomic mass is 16.1. The molecule has 3 heterocycles. The van der Waals surface area contributed by atoms with E-state index in [0.29, 0.717) is 5.56 Å². The molecular weight excluding hydrogens is 300 g/mol. The number of nitrogens with zero attached hydrogens (tertiary/aromatic N) is 3. The minimum Gasteiger partial charge on any atom is -0.298 e. The van der Waals surface area contributed by atoms with Crippen LogP contribution in [0.15, 0.2) is 54.9 Å². The number of fused-ring (bicyclic) bond motifs is 1. The summed E-state index contributed by atoms with van der Waals surface area (Å²) in [6.07, 6.45) is 4.38. The van der Waals surface area contributed by atoms with E-state index in [2.05, 4.69) is 20.2 Å². The van der Waals surface area contributed by atoms with Gasteiger partial charge in [0, 0.05) is 28.4 Å². The van der Waals surface area contributed by atoms with Crippen LogP contribution in [0.1, 0.15) is 16.1 Å². The molecule has 0 unspecified atom stereocenters. The van der Waals surface area contributed by atoms with Gasteiger partial charge < -0.3 is 0 Å². The van der Waals surface area contributed by atoms with E-state index in [1.165, 1.54) is 0 Å². The first-order valence-electron chi connectivity index (χ1n) is 7.58. The lowest BCUT2D eigenvalue weighted by molar-refractivity contribution is 0.112. The van der Waals surface area contributed by atoms with Crippen LogP contribution in [0, 0.1) is 6.92 Å². The molecule has 0 radical (unpaired) electrons. The number of aromatic nitrogens is 4. The minimum absolute atomic E-state index is 0.621. The Morgan fingerprint density at radius 1 is 1.08 bits per heavy atom. The lowest BCUT2D eigenvalue weighted by Gasteiger charge is -2.08. The van der Waals surface area contributed by atoms with Crippen molar-refractivity contribution in [2.45, 2.75) is 6.92 Å². The monoisotopic (exact) mass is 314 g/mol. The highest BCUT2D eigenvalue weighted by Gasteiger charge is 2.14. The molecular formula is C19H14N4O. The summed E-state index contributed by atoms with van der Waals surface area (Å²) in [6.45, 7) is 1.96. The van der Waals surface area contributed by atoms with Crippen molar-refractivity contribution in [3.05, 3.63) is 66.1 Å². The Balaban J connectivity index is 1.96. The molecule has 0 amide bonds. The number of H-pyrrole nitrogens is 1. The Bertz CT molecular complexity index is 1050. The number of aromatic amines is 1. The lowest BCUT2D eigenvalue weighted by Crippen LogP contribution is -1.91. The van der Waals surface area contributed by atoms with Crippen LogP contribution in [0.3, 0.4) is 0 Å². The molecule has 0 aliphatic carbocycles. The van der Waals surface area contributed by atoms with E-state index in [9.17, 15) is 4.79 Å². The molecule has 1 aromatic carbocycles. The highest BCUT2D eigenvalue weighted by Crippen LogP contribution is 2.33. The second-order valence-electron chi connectivity index (χ2n) is 5.58. The Labute approximate surface area is 138 Å². The molecule has 0 aliphatic heterocycles. The number of hydrogen-bond donors (Lipinski definition) is 1. The van der Waals surface area contributed by atoms with Gasteiger partial charge in [0.2, 0.25) is 0 Å². The fraction of sp³-hybridized carbons (Fsp3) is 0.0526. The normalized spacial score (nSPS) is 10.9. The van der Waals surface area contributed by atoms with Gasteiger partial charge in [-0.05, 0) is 48.9 Å². The van der Waals surface area contributed by atoms with Crippen molar-refractivity contribution in [3.8, 4) is 22.5 Å². The van der Waals surface area contributed by atoms with E-state index in [0.717, 1.165) is 45.4 Å². The van der Waals surface area contributed by atoms with Crippen molar-refractivity contribution in [3.63, 3.8) is 0 Å². The number of aryl methyl sites for hydroxylation is 1. The zero-order valence-corrected chi connectivity index (χ0v) is 13.0. The first-order valence-corrected chi connectivity index (χ1v) is 7.58. The fourth-order valence-corrected chi connectivity index (χ4v) is 2.84. The summed E-state index contributed by atoms with van der Waals surface area (Å²) in [4.78, 5) is 20.1. The van der Waals surface area contributed by atoms with E-state index < -0.39 is 0 Å².